The van der Waals surface area contributed by atoms with Crippen LogP contribution in [0.5, 0.6) is 0 Å². The first-order valence-electron chi connectivity index (χ1n) is 6.14. The molecule has 0 unspecified atom stereocenters. The van der Waals surface area contributed by atoms with Crippen molar-refractivity contribution in [1.82, 2.24) is 15.0 Å². The van der Waals surface area contributed by atoms with Gasteiger partial charge in [0.2, 0.25) is 0 Å². The van der Waals surface area contributed by atoms with Crippen molar-refractivity contribution < 1.29 is 0 Å². The summed E-state index contributed by atoms with van der Waals surface area (Å²) < 4.78 is 0. The van der Waals surface area contributed by atoms with E-state index in [1.54, 1.807) is 0 Å². The summed E-state index contributed by atoms with van der Waals surface area (Å²) in [6.07, 6.45) is 3.72. The molecule has 0 aliphatic carbocycles. The topological polar surface area (TPSA) is 50.7 Å². The van der Waals surface area contributed by atoms with Gasteiger partial charge in [-0.2, -0.15) is 0 Å². The summed E-state index contributed by atoms with van der Waals surface area (Å²) in [5.41, 5.74) is 1.92. The van der Waals surface area contributed by atoms with Crippen LogP contribution in [0.3, 0.4) is 0 Å². The van der Waals surface area contributed by atoms with Crippen molar-refractivity contribution in [2.75, 3.05) is 12.4 Å². The Labute approximate surface area is 111 Å². The minimum Gasteiger partial charge on any atom is -0.373 e. The number of rotatable bonds is 2. The number of nitrogens with zero attached hydrogens (tertiary/aromatic N) is 3. The Hall–Kier alpha value is -2.49. The smallest absolute Gasteiger partial charge is 0.130 e. The second-order valence-corrected chi connectivity index (χ2v) is 4.34. The largest absolute Gasteiger partial charge is 0.373 e. The van der Waals surface area contributed by atoms with E-state index >= 15 is 0 Å². The predicted molar refractivity (Wildman–Crippen MR) is 77.1 cm³/mol. The first-order valence-corrected chi connectivity index (χ1v) is 6.14. The lowest BCUT2D eigenvalue weighted by atomic mass is 10.1. The molecule has 0 amide bonds. The summed E-state index contributed by atoms with van der Waals surface area (Å²) in [4.78, 5) is 13.1. The Morgan fingerprint density at radius 1 is 1.05 bits per heavy atom. The van der Waals surface area contributed by atoms with Gasteiger partial charge in [-0.25, -0.2) is 9.97 Å². The number of anilines is 1. The third-order valence-corrected chi connectivity index (χ3v) is 3.04. The Morgan fingerprint density at radius 3 is 2.74 bits per heavy atom. The second kappa shape index (κ2) is 4.65. The van der Waals surface area contributed by atoms with Crippen LogP contribution in [-0.4, -0.2) is 22.0 Å². The van der Waals surface area contributed by atoms with Gasteiger partial charge >= 0.3 is 0 Å². The molecule has 0 spiro atoms. The van der Waals surface area contributed by atoms with Crippen LogP contribution in [0.25, 0.3) is 22.0 Å². The molecule has 2 heterocycles. The van der Waals surface area contributed by atoms with E-state index in [1.165, 1.54) is 0 Å². The number of nitrogens with one attached hydrogen (secondary N) is 1. The van der Waals surface area contributed by atoms with Crippen LogP contribution in [0.15, 0.2) is 42.7 Å². The molecule has 3 aromatic rings. The minimum atomic E-state index is 0.745. The molecule has 4 nitrogen and oxygen atoms in total. The highest BCUT2D eigenvalue weighted by Crippen LogP contribution is 2.27. The second-order valence-electron chi connectivity index (χ2n) is 4.34. The third-order valence-electron chi connectivity index (χ3n) is 3.04. The van der Waals surface area contributed by atoms with Crippen LogP contribution in [0.4, 0.5) is 5.82 Å². The molecule has 4 heteroatoms. The fourth-order valence-corrected chi connectivity index (χ4v) is 2.15. The van der Waals surface area contributed by atoms with E-state index in [1.807, 2.05) is 44.6 Å². The summed E-state index contributed by atoms with van der Waals surface area (Å²) in [7, 11) is 1.85. The van der Waals surface area contributed by atoms with Crippen LogP contribution in [-0.2, 0) is 0 Å². The van der Waals surface area contributed by atoms with Gasteiger partial charge in [-0.3, -0.25) is 4.98 Å². The van der Waals surface area contributed by atoms with Gasteiger partial charge in [-0.15, -0.1) is 0 Å². The zero-order valence-electron chi connectivity index (χ0n) is 10.9. The highest BCUT2D eigenvalue weighted by atomic mass is 15.0. The molecule has 0 fully saturated rings. The molecular weight excluding hydrogens is 236 g/mol. The van der Waals surface area contributed by atoms with Gasteiger partial charge in [-0.1, -0.05) is 24.3 Å². The number of pyridine rings is 1. The Balaban J connectivity index is 2.27. The highest BCUT2D eigenvalue weighted by Gasteiger charge is 2.07. The third kappa shape index (κ3) is 2.12. The summed E-state index contributed by atoms with van der Waals surface area (Å²) in [6.45, 7) is 1.89. The van der Waals surface area contributed by atoms with Gasteiger partial charge in [0.15, 0.2) is 0 Å². The zero-order valence-corrected chi connectivity index (χ0v) is 10.9. The van der Waals surface area contributed by atoms with Crippen LogP contribution in [0.1, 0.15) is 5.82 Å². The molecule has 94 valence electrons. The number of hydrogen-bond donors (Lipinski definition) is 1. The molecule has 2 aromatic heterocycles. The lowest BCUT2D eigenvalue weighted by Crippen LogP contribution is -1.98. The standard InChI is InChI=1S/C15H14N4/c1-10-18-14(7-15(16-2)19-10)13-9-17-8-11-5-3-4-6-12(11)13/h3-9H,1-2H3,(H,16,18,19). The van der Waals surface area contributed by atoms with Gasteiger partial charge in [0.25, 0.3) is 0 Å². The Kier molecular flexibility index (Phi) is 2.83. The summed E-state index contributed by atoms with van der Waals surface area (Å²) in [5, 5.41) is 5.32. The monoisotopic (exact) mass is 250 g/mol. The molecule has 19 heavy (non-hydrogen) atoms. The first kappa shape index (κ1) is 11.6. The number of benzene rings is 1. The van der Waals surface area contributed by atoms with Gasteiger partial charge in [0.05, 0.1) is 5.69 Å². The molecule has 1 N–H and O–H groups in total. The van der Waals surface area contributed by atoms with Gasteiger partial charge in [0.1, 0.15) is 11.6 Å². The van der Waals surface area contributed by atoms with Gasteiger partial charge < -0.3 is 5.32 Å². The van der Waals surface area contributed by atoms with Crippen LogP contribution in [0, 0.1) is 6.92 Å². The molecule has 1 aromatic carbocycles. The fraction of sp³-hybridized carbons (Fsp3) is 0.133. The average molecular weight is 250 g/mol. The average Bonchev–Trinajstić information content (AvgIpc) is 2.46. The lowest BCUT2D eigenvalue weighted by Gasteiger charge is -2.08. The van der Waals surface area contributed by atoms with E-state index in [0.29, 0.717) is 0 Å². The zero-order chi connectivity index (χ0) is 13.2. The quantitative estimate of drug-likeness (QED) is 0.759. The van der Waals surface area contributed by atoms with Crippen molar-refractivity contribution in [3.63, 3.8) is 0 Å². The lowest BCUT2D eigenvalue weighted by molar-refractivity contribution is 1.06. The predicted octanol–water partition coefficient (Wildman–Crippen LogP) is 3.04. The fourth-order valence-electron chi connectivity index (χ4n) is 2.15. The van der Waals surface area contributed by atoms with Crippen LogP contribution >= 0.6 is 0 Å². The SMILES string of the molecule is CNc1cc(-c2cncc3ccccc23)nc(C)n1. The molecular formula is C15H14N4. The van der Waals surface area contributed by atoms with Gasteiger partial charge in [0, 0.05) is 36.5 Å². The molecule has 3 rings (SSSR count). The Morgan fingerprint density at radius 2 is 1.89 bits per heavy atom. The maximum Gasteiger partial charge on any atom is 0.130 e. The summed E-state index contributed by atoms with van der Waals surface area (Å²) in [5.74, 6) is 1.56. The van der Waals surface area contributed by atoms with E-state index in [2.05, 4.69) is 32.4 Å². The number of aryl methyl sites for hydroxylation is 1. The van der Waals surface area contributed by atoms with Gasteiger partial charge in [-0.05, 0) is 12.3 Å². The van der Waals surface area contributed by atoms with Crippen molar-refractivity contribution in [1.29, 1.82) is 0 Å². The van der Waals surface area contributed by atoms with E-state index in [9.17, 15) is 0 Å². The minimum absolute atomic E-state index is 0.745. The number of aromatic nitrogens is 3. The molecule has 0 aliphatic heterocycles. The number of hydrogen-bond acceptors (Lipinski definition) is 4. The highest BCUT2D eigenvalue weighted by molar-refractivity contribution is 5.95. The first-order chi connectivity index (χ1) is 9.28. The van der Waals surface area contributed by atoms with E-state index < -0.39 is 0 Å². The maximum atomic E-state index is 4.51. The molecule has 0 aliphatic rings. The van der Waals surface area contributed by atoms with Crippen molar-refractivity contribution >= 4 is 16.6 Å². The molecule has 0 radical (unpaired) electrons. The van der Waals surface area contributed by atoms with Crippen LogP contribution < -0.4 is 5.32 Å². The maximum absolute atomic E-state index is 4.51. The molecule has 0 atom stereocenters. The van der Waals surface area contributed by atoms with E-state index in [0.717, 1.165) is 33.7 Å². The van der Waals surface area contributed by atoms with E-state index in [4.69, 9.17) is 0 Å². The van der Waals surface area contributed by atoms with Crippen molar-refractivity contribution in [3.8, 4) is 11.3 Å². The van der Waals surface area contributed by atoms with Crippen molar-refractivity contribution in [2.24, 2.45) is 0 Å². The van der Waals surface area contributed by atoms with E-state index in [-0.39, 0.29) is 0 Å². The normalized spacial score (nSPS) is 10.6. The molecule has 0 bridgehead atoms. The molecule has 0 saturated heterocycles. The van der Waals surface area contributed by atoms with Crippen molar-refractivity contribution in [2.45, 2.75) is 6.92 Å². The summed E-state index contributed by atoms with van der Waals surface area (Å²) >= 11 is 0. The number of fused-ring (bicyclic) bond motifs is 1. The van der Waals surface area contributed by atoms with Crippen molar-refractivity contribution in [3.05, 3.63) is 48.5 Å². The summed E-state index contributed by atoms with van der Waals surface area (Å²) in [6, 6.07) is 10.1. The van der Waals surface area contributed by atoms with Crippen LogP contribution in [0.2, 0.25) is 0 Å². The Bertz CT molecular complexity index is 732. The molecule has 0 saturated carbocycles.